The van der Waals surface area contributed by atoms with Crippen molar-refractivity contribution in [2.24, 2.45) is 11.7 Å². The van der Waals surface area contributed by atoms with E-state index in [1.54, 1.807) is 4.90 Å². The van der Waals surface area contributed by atoms with Crippen LogP contribution in [0.3, 0.4) is 0 Å². The molecular formula is C14H26ClN3O2. The second-order valence-electron chi connectivity index (χ2n) is 5.65. The van der Waals surface area contributed by atoms with Gasteiger partial charge in [-0.3, -0.25) is 9.59 Å². The highest BCUT2D eigenvalue weighted by molar-refractivity contribution is 5.85. The van der Waals surface area contributed by atoms with Crippen LogP contribution < -0.4 is 5.73 Å². The number of nitrogens with zero attached hydrogens (tertiary/aromatic N) is 2. The molecule has 2 amide bonds. The number of halogens is 1. The lowest BCUT2D eigenvalue weighted by Gasteiger charge is -2.34. The fourth-order valence-corrected chi connectivity index (χ4v) is 3.12. The van der Waals surface area contributed by atoms with E-state index < -0.39 is 0 Å². The van der Waals surface area contributed by atoms with Gasteiger partial charge in [0.05, 0.1) is 6.54 Å². The Bertz CT molecular complexity index is 324. The van der Waals surface area contributed by atoms with Crippen LogP contribution in [0.25, 0.3) is 0 Å². The molecule has 1 heterocycles. The van der Waals surface area contributed by atoms with Crippen LogP contribution >= 0.6 is 12.4 Å². The average Bonchev–Trinajstić information content (AvgIpc) is 2.97. The van der Waals surface area contributed by atoms with E-state index in [2.05, 4.69) is 0 Å². The van der Waals surface area contributed by atoms with Crippen LogP contribution in [0.2, 0.25) is 0 Å². The Balaban J connectivity index is 0.00000200. The van der Waals surface area contributed by atoms with Crippen molar-refractivity contribution in [2.75, 3.05) is 32.7 Å². The number of nitrogens with two attached hydrogens (primary N) is 1. The molecule has 0 unspecified atom stereocenters. The molecule has 2 fully saturated rings. The first kappa shape index (κ1) is 17.2. The van der Waals surface area contributed by atoms with Crippen molar-refractivity contribution in [3.8, 4) is 0 Å². The number of hydrogen-bond donors (Lipinski definition) is 1. The van der Waals surface area contributed by atoms with Gasteiger partial charge < -0.3 is 15.5 Å². The Morgan fingerprint density at radius 1 is 0.950 bits per heavy atom. The third-order valence-corrected chi connectivity index (χ3v) is 4.40. The van der Waals surface area contributed by atoms with Crippen LogP contribution in [0.5, 0.6) is 0 Å². The predicted molar refractivity (Wildman–Crippen MR) is 80.7 cm³/mol. The van der Waals surface area contributed by atoms with Gasteiger partial charge in [0.25, 0.3) is 0 Å². The van der Waals surface area contributed by atoms with Gasteiger partial charge in [-0.05, 0) is 12.3 Å². The zero-order valence-electron chi connectivity index (χ0n) is 12.1. The van der Waals surface area contributed by atoms with Gasteiger partial charge in [-0.1, -0.05) is 25.7 Å². The third kappa shape index (κ3) is 4.63. The molecule has 0 aromatic rings. The van der Waals surface area contributed by atoms with Crippen LogP contribution in [0.1, 0.15) is 38.5 Å². The molecule has 2 rings (SSSR count). The molecule has 0 aromatic heterocycles. The number of carbonyl (C=O) groups excluding carboxylic acids is 2. The van der Waals surface area contributed by atoms with E-state index in [-0.39, 0.29) is 30.8 Å². The molecular weight excluding hydrogens is 278 g/mol. The monoisotopic (exact) mass is 303 g/mol. The fraction of sp³-hybridized carbons (Fsp3) is 0.857. The zero-order chi connectivity index (χ0) is 13.7. The molecule has 0 aromatic carbocycles. The minimum atomic E-state index is -0.0157. The Kier molecular flexibility index (Phi) is 7.30. The van der Waals surface area contributed by atoms with E-state index in [4.69, 9.17) is 5.73 Å². The molecule has 2 N–H and O–H groups in total. The summed E-state index contributed by atoms with van der Waals surface area (Å²) in [5.41, 5.74) is 5.34. The maximum Gasteiger partial charge on any atom is 0.236 e. The van der Waals surface area contributed by atoms with Gasteiger partial charge in [0, 0.05) is 32.6 Å². The summed E-state index contributed by atoms with van der Waals surface area (Å²) in [6.07, 6.45) is 6.98. The topological polar surface area (TPSA) is 66.6 Å². The standard InChI is InChI=1S/C14H25N3O2.ClH/c15-11-14(19)17-9-7-16(8-10-17)13(18)6-5-12-3-1-2-4-12;/h12H,1-11,15H2;1H. The first-order valence-electron chi connectivity index (χ1n) is 7.46. The summed E-state index contributed by atoms with van der Waals surface area (Å²) in [5.74, 6) is 1.01. The maximum absolute atomic E-state index is 12.1. The van der Waals surface area contributed by atoms with Crippen LogP contribution in [-0.2, 0) is 9.59 Å². The first-order chi connectivity index (χ1) is 9.20. The molecule has 1 aliphatic carbocycles. The Morgan fingerprint density at radius 2 is 1.45 bits per heavy atom. The van der Waals surface area contributed by atoms with E-state index in [0.717, 1.165) is 12.3 Å². The highest BCUT2D eigenvalue weighted by Crippen LogP contribution is 2.28. The van der Waals surface area contributed by atoms with Gasteiger partial charge in [0.2, 0.25) is 11.8 Å². The van der Waals surface area contributed by atoms with E-state index in [0.29, 0.717) is 32.6 Å². The number of rotatable bonds is 4. The van der Waals surface area contributed by atoms with Gasteiger partial charge in [0.15, 0.2) is 0 Å². The van der Waals surface area contributed by atoms with Crippen molar-refractivity contribution >= 4 is 24.2 Å². The summed E-state index contributed by atoms with van der Waals surface area (Å²) < 4.78 is 0. The lowest BCUT2D eigenvalue weighted by atomic mass is 10.0. The lowest BCUT2D eigenvalue weighted by Crippen LogP contribution is -2.51. The molecule has 1 aliphatic heterocycles. The van der Waals surface area contributed by atoms with Gasteiger partial charge in [0.1, 0.15) is 0 Å². The van der Waals surface area contributed by atoms with E-state index >= 15 is 0 Å². The van der Waals surface area contributed by atoms with Gasteiger partial charge >= 0.3 is 0 Å². The summed E-state index contributed by atoms with van der Waals surface area (Å²) in [6, 6.07) is 0. The van der Waals surface area contributed by atoms with Crippen molar-refractivity contribution in [2.45, 2.75) is 38.5 Å². The van der Waals surface area contributed by atoms with Crippen LogP contribution in [0.4, 0.5) is 0 Å². The Morgan fingerprint density at radius 3 is 1.95 bits per heavy atom. The summed E-state index contributed by atoms with van der Waals surface area (Å²) in [7, 11) is 0. The summed E-state index contributed by atoms with van der Waals surface area (Å²) in [4.78, 5) is 27.2. The number of hydrogen-bond acceptors (Lipinski definition) is 3. The van der Waals surface area contributed by atoms with Gasteiger partial charge in [-0.15, -0.1) is 12.4 Å². The smallest absolute Gasteiger partial charge is 0.236 e. The molecule has 116 valence electrons. The molecule has 6 heteroatoms. The first-order valence-corrected chi connectivity index (χ1v) is 7.46. The number of carbonyl (C=O) groups is 2. The van der Waals surface area contributed by atoms with E-state index in [1.165, 1.54) is 25.7 Å². The SMILES string of the molecule is Cl.NCC(=O)N1CCN(C(=O)CCC2CCCC2)CC1. The predicted octanol–water partition coefficient (Wildman–Crippen LogP) is 1.01. The molecule has 0 spiro atoms. The van der Waals surface area contributed by atoms with Crippen molar-refractivity contribution < 1.29 is 9.59 Å². The second kappa shape index (κ2) is 8.47. The number of piperazine rings is 1. The van der Waals surface area contributed by atoms with Crippen molar-refractivity contribution in [1.82, 2.24) is 9.80 Å². The summed E-state index contributed by atoms with van der Waals surface area (Å²) >= 11 is 0. The molecule has 0 atom stereocenters. The maximum atomic E-state index is 12.1. The van der Waals surface area contributed by atoms with Crippen LogP contribution in [0, 0.1) is 5.92 Å². The van der Waals surface area contributed by atoms with Crippen LogP contribution in [-0.4, -0.2) is 54.3 Å². The van der Waals surface area contributed by atoms with Crippen molar-refractivity contribution in [3.05, 3.63) is 0 Å². The lowest BCUT2D eigenvalue weighted by molar-refractivity contribution is -0.138. The third-order valence-electron chi connectivity index (χ3n) is 4.40. The minimum Gasteiger partial charge on any atom is -0.339 e. The second-order valence-corrected chi connectivity index (χ2v) is 5.65. The molecule has 20 heavy (non-hydrogen) atoms. The van der Waals surface area contributed by atoms with E-state index in [1.807, 2.05) is 4.90 Å². The summed E-state index contributed by atoms with van der Waals surface area (Å²) in [6.45, 7) is 2.65. The fourth-order valence-electron chi connectivity index (χ4n) is 3.12. The zero-order valence-corrected chi connectivity index (χ0v) is 12.9. The van der Waals surface area contributed by atoms with Crippen LogP contribution in [0.15, 0.2) is 0 Å². The molecule has 5 nitrogen and oxygen atoms in total. The normalized spacial score (nSPS) is 19.9. The summed E-state index contributed by atoms with van der Waals surface area (Å²) in [5, 5.41) is 0. The molecule has 1 saturated carbocycles. The van der Waals surface area contributed by atoms with E-state index in [9.17, 15) is 9.59 Å². The molecule has 1 saturated heterocycles. The highest BCUT2D eigenvalue weighted by atomic mass is 35.5. The molecule has 0 radical (unpaired) electrons. The highest BCUT2D eigenvalue weighted by Gasteiger charge is 2.24. The van der Waals surface area contributed by atoms with Gasteiger partial charge in [-0.2, -0.15) is 0 Å². The van der Waals surface area contributed by atoms with Gasteiger partial charge in [-0.25, -0.2) is 0 Å². The van der Waals surface area contributed by atoms with Crippen molar-refractivity contribution in [3.63, 3.8) is 0 Å². The Hall–Kier alpha value is -0.810. The molecule has 0 bridgehead atoms. The number of amides is 2. The Labute approximate surface area is 127 Å². The largest absolute Gasteiger partial charge is 0.339 e. The minimum absolute atomic E-state index is 0. The average molecular weight is 304 g/mol. The quantitative estimate of drug-likeness (QED) is 0.843. The van der Waals surface area contributed by atoms with Crippen molar-refractivity contribution in [1.29, 1.82) is 0 Å². The molecule has 2 aliphatic rings.